The molecular weight excluding hydrogens is 204 g/mol. The molecule has 0 spiro atoms. The van der Waals surface area contributed by atoms with Crippen LogP contribution in [0, 0.1) is 12.8 Å². The number of rotatable bonds is 5. The van der Waals surface area contributed by atoms with E-state index in [9.17, 15) is 4.79 Å². The zero-order valence-corrected chi connectivity index (χ0v) is 9.97. The van der Waals surface area contributed by atoms with Crippen LogP contribution in [0.1, 0.15) is 19.4 Å². The van der Waals surface area contributed by atoms with E-state index in [0.717, 1.165) is 17.9 Å². The van der Waals surface area contributed by atoms with Crippen LogP contribution in [-0.4, -0.2) is 29.1 Å². The van der Waals surface area contributed by atoms with E-state index in [0.29, 0.717) is 6.54 Å². The highest BCUT2D eigenvalue weighted by Gasteiger charge is 2.17. The highest BCUT2D eigenvalue weighted by Crippen LogP contribution is 2.17. The van der Waals surface area contributed by atoms with Gasteiger partial charge >= 0.3 is 5.97 Å². The normalized spacial score (nSPS) is 12.2. The second-order valence-corrected chi connectivity index (χ2v) is 3.92. The van der Waals surface area contributed by atoms with E-state index < -0.39 is 5.97 Å². The van der Waals surface area contributed by atoms with Gasteiger partial charge in [0.1, 0.15) is 5.82 Å². The lowest BCUT2D eigenvalue weighted by Gasteiger charge is -2.25. The lowest BCUT2D eigenvalue weighted by atomic mass is 10.1. The van der Waals surface area contributed by atoms with E-state index in [1.54, 1.807) is 13.1 Å². The van der Waals surface area contributed by atoms with Crippen molar-refractivity contribution < 1.29 is 9.90 Å². The van der Waals surface area contributed by atoms with Crippen LogP contribution in [0.2, 0.25) is 0 Å². The Balaban J connectivity index is 2.83. The third-order valence-corrected chi connectivity index (χ3v) is 2.58. The van der Waals surface area contributed by atoms with Gasteiger partial charge in [-0.2, -0.15) is 0 Å². The minimum atomic E-state index is -0.771. The Morgan fingerprint density at radius 2 is 2.31 bits per heavy atom. The number of hydrogen-bond acceptors (Lipinski definition) is 3. The molecule has 1 rings (SSSR count). The first kappa shape index (κ1) is 12.5. The third kappa shape index (κ3) is 2.95. The summed E-state index contributed by atoms with van der Waals surface area (Å²) >= 11 is 0. The van der Waals surface area contributed by atoms with Gasteiger partial charge in [0.2, 0.25) is 0 Å². The summed E-state index contributed by atoms with van der Waals surface area (Å²) < 4.78 is 0. The van der Waals surface area contributed by atoms with Crippen LogP contribution in [0.3, 0.4) is 0 Å². The van der Waals surface area contributed by atoms with Gasteiger partial charge in [-0.25, -0.2) is 4.98 Å². The van der Waals surface area contributed by atoms with E-state index in [1.165, 1.54) is 0 Å². The molecule has 1 unspecified atom stereocenters. The summed E-state index contributed by atoms with van der Waals surface area (Å²) in [5.41, 5.74) is 1.07. The molecule has 0 aromatic carbocycles. The zero-order valence-electron chi connectivity index (χ0n) is 9.97. The molecule has 1 N–H and O–H groups in total. The van der Waals surface area contributed by atoms with Crippen LogP contribution in [0.5, 0.6) is 0 Å². The Labute approximate surface area is 95.9 Å². The average molecular weight is 222 g/mol. The van der Waals surface area contributed by atoms with Crippen LogP contribution >= 0.6 is 0 Å². The van der Waals surface area contributed by atoms with Crippen LogP contribution in [0.15, 0.2) is 18.3 Å². The first-order valence-corrected chi connectivity index (χ1v) is 5.45. The summed E-state index contributed by atoms with van der Waals surface area (Å²) in [5, 5.41) is 8.90. The Hall–Kier alpha value is -1.58. The number of aromatic nitrogens is 1. The number of carbonyl (C=O) groups is 1. The molecule has 1 atom stereocenters. The molecule has 4 heteroatoms. The van der Waals surface area contributed by atoms with Gasteiger partial charge in [0.25, 0.3) is 0 Å². The average Bonchev–Trinajstić information content (AvgIpc) is 2.26. The Kier molecular flexibility index (Phi) is 4.28. The number of aryl methyl sites for hydroxylation is 1. The van der Waals surface area contributed by atoms with Crippen LogP contribution < -0.4 is 4.90 Å². The molecule has 1 heterocycles. The molecule has 0 bridgehead atoms. The molecule has 4 nitrogen and oxygen atoms in total. The Morgan fingerprint density at radius 1 is 1.62 bits per heavy atom. The Bertz CT molecular complexity index is 366. The summed E-state index contributed by atoms with van der Waals surface area (Å²) in [6.45, 7) is 6.95. The van der Waals surface area contributed by atoms with Crippen molar-refractivity contribution in [1.29, 1.82) is 0 Å². The van der Waals surface area contributed by atoms with E-state index in [4.69, 9.17) is 5.11 Å². The summed E-state index contributed by atoms with van der Waals surface area (Å²) in [6, 6.07) is 3.86. The number of pyridine rings is 1. The molecule has 0 saturated carbocycles. The summed E-state index contributed by atoms with van der Waals surface area (Å²) in [7, 11) is 0. The standard InChI is InChI=1S/C12H18N2O2/c1-4-14(8-10(3)12(15)16)11-9(2)6-5-7-13-11/h5-7,10H,4,8H2,1-3H3,(H,15,16). The quantitative estimate of drug-likeness (QED) is 0.827. The van der Waals surface area contributed by atoms with Crippen LogP contribution in [-0.2, 0) is 4.79 Å². The van der Waals surface area contributed by atoms with Gasteiger partial charge in [-0.15, -0.1) is 0 Å². The molecule has 88 valence electrons. The lowest BCUT2D eigenvalue weighted by Crippen LogP contribution is -2.32. The topological polar surface area (TPSA) is 53.4 Å². The lowest BCUT2D eigenvalue weighted by molar-refractivity contribution is -0.140. The fourth-order valence-corrected chi connectivity index (χ4v) is 1.58. The number of hydrogen-bond donors (Lipinski definition) is 1. The van der Waals surface area contributed by atoms with Crippen molar-refractivity contribution in [3.8, 4) is 0 Å². The first-order valence-electron chi connectivity index (χ1n) is 5.45. The number of nitrogens with zero attached hydrogens (tertiary/aromatic N) is 2. The second-order valence-electron chi connectivity index (χ2n) is 3.92. The molecule has 0 saturated heterocycles. The third-order valence-electron chi connectivity index (χ3n) is 2.58. The van der Waals surface area contributed by atoms with Gasteiger partial charge in [0, 0.05) is 19.3 Å². The van der Waals surface area contributed by atoms with Crippen LogP contribution in [0.4, 0.5) is 5.82 Å². The van der Waals surface area contributed by atoms with Crippen molar-refractivity contribution in [2.24, 2.45) is 5.92 Å². The van der Waals surface area contributed by atoms with E-state index in [1.807, 2.05) is 30.9 Å². The highest BCUT2D eigenvalue weighted by molar-refractivity contribution is 5.70. The zero-order chi connectivity index (χ0) is 12.1. The molecule has 0 aliphatic heterocycles. The van der Waals surface area contributed by atoms with Gasteiger partial charge in [-0.3, -0.25) is 4.79 Å². The van der Waals surface area contributed by atoms with Gasteiger partial charge < -0.3 is 10.0 Å². The maximum absolute atomic E-state index is 10.8. The van der Waals surface area contributed by atoms with Gasteiger partial charge in [-0.1, -0.05) is 13.0 Å². The number of anilines is 1. The molecule has 0 radical (unpaired) electrons. The first-order chi connectivity index (χ1) is 7.56. The molecule has 16 heavy (non-hydrogen) atoms. The predicted octanol–water partition coefficient (Wildman–Crippen LogP) is 1.94. The van der Waals surface area contributed by atoms with E-state index >= 15 is 0 Å². The minimum absolute atomic E-state index is 0.388. The molecule has 1 aromatic heterocycles. The molecule has 0 aliphatic carbocycles. The van der Waals surface area contributed by atoms with Gasteiger partial charge in [0.15, 0.2) is 0 Å². The molecule has 0 fully saturated rings. The minimum Gasteiger partial charge on any atom is -0.481 e. The maximum atomic E-state index is 10.8. The summed E-state index contributed by atoms with van der Waals surface area (Å²) in [5.74, 6) is -0.286. The van der Waals surface area contributed by atoms with Crippen molar-refractivity contribution in [3.63, 3.8) is 0 Å². The van der Waals surface area contributed by atoms with Crippen molar-refractivity contribution >= 4 is 11.8 Å². The highest BCUT2D eigenvalue weighted by atomic mass is 16.4. The number of carboxylic acid groups (broad SMARTS) is 1. The molecule has 0 aliphatic rings. The van der Waals surface area contributed by atoms with E-state index in [2.05, 4.69) is 4.98 Å². The summed E-state index contributed by atoms with van der Waals surface area (Å²) in [6.07, 6.45) is 1.73. The van der Waals surface area contributed by atoms with Gasteiger partial charge in [-0.05, 0) is 25.5 Å². The fourth-order valence-electron chi connectivity index (χ4n) is 1.58. The van der Waals surface area contributed by atoms with Crippen molar-refractivity contribution in [1.82, 2.24) is 4.98 Å². The number of carboxylic acids is 1. The molecular formula is C12H18N2O2. The maximum Gasteiger partial charge on any atom is 0.308 e. The van der Waals surface area contributed by atoms with Crippen molar-refractivity contribution in [3.05, 3.63) is 23.9 Å². The van der Waals surface area contributed by atoms with Crippen LogP contribution in [0.25, 0.3) is 0 Å². The second kappa shape index (κ2) is 5.49. The van der Waals surface area contributed by atoms with Crippen molar-refractivity contribution in [2.45, 2.75) is 20.8 Å². The monoisotopic (exact) mass is 222 g/mol. The SMILES string of the molecule is CCN(CC(C)C(=O)O)c1ncccc1C. The largest absolute Gasteiger partial charge is 0.481 e. The fraction of sp³-hybridized carbons (Fsp3) is 0.500. The molecule has 1 aromatic rings. The predicted molar refractivity (Wildman–Crippen MR) is 63.7 cm³/mol. The van der Waals surface area contributed by atoms with Gasteiger partial charge in [0.05, 0.1) is 5.92 Å². The number of aliphatic carboxylic acids is 1. The summed E-state index contributed by atoms with van der Waals surface area (Å²) in [4.78, 5) is 17.1. The van der Waals surface area contributed by atoms with E-state index in [-0.39, 0.29) is 5.92 Å². The smallest absolute Gasteiger partial charge is 0.308 e. The molecule has 0 amide bonds. The Morgan fingerprint density at radius 3 is 2.81 bits per heavy atom. The van der Waals surface area contributed by atoms with Crippen molar-refractivity contribution in [2.75, 3.05) is 18.0 Å².